The number of ether oxygens (including phenoxy) is 2. The summed E-state index contributed by atoms with van der Waals surface area (Å²) in [6.45, 7) is 5.39. The lowest BCUT2D eigenvalue weighted by Crippen LogP contribution is -2.48. The van der Waals surface area contributed by atoms with E-state index in [1.54, 1.807) is 62.4 Å². The van der Waals surface area contributed by atoms with Crippen LogP contribution in [0.2, 0.25) is 0 Å². The number of aliphatic carboxylic acids is 1. The summed E-state index contributed by atoms with van der Waals surface area (Å²) in [5.41, 5.74) is 3.03. The predicted octanol–water partition coefficient (Wildman–Crippen LogP) is 4.09. The van der Waals surface area contributed by atoms with Gasteiger partial charge >= 0.3 is 17.9 Å². The van der Waals surface area contributed by atoms with Crippen LogP contribution in [0, 0.1) is 20.8 Å². The number of carbonyl (C=O) groups is 4. The summed E-state index contributed by atoms with van der Waals surface area (Å²) < 4.78 is 10.5. The highest BCUT2D eigenvalue weighted by Crippen LogP contribution is 2.17. The van der Waals surface area contributed by atoms with Crippen molar-refractivity contribution in [1.29, 1.82) is 0 Å². The van der Waals surface area contributed by atoms with Crippen LogP contribution >= 0.6 is 0 Å². The van der Waals surface area contributed by atoms with E-state index < -0.39 is 36.0 Å². The molecule has 0 saturated heterocycles. The summed E-state index contributed by atoms with van der Waals surface area (Å²) in [5.74, 6) is -4.51. The lowest BCUT2D eigenvalue weighted by molar-refractivity contribution is -0.157. The number of amides is 1. The van der Waals surface area contributed by atoms with E-state index >= 15 is 0 Å². The van der Waals surface area contributed by atoms with Crippen molar-refractivity contribution in [3.8, 4) is 0 Å². The van der Waals surface area contributed by atoms with Crippen LogP contribution < -0.4 is 5.32 Å². The van der Waals surface area contributed by atoms with Crippen LogP contribution in [0.25, 0.3) is 0 Å². The molecule has 0 aliphatic rings. The monoisotopic (exact) mass is 475 g/mol. The fourth-order valence-corrected chi connectivity index (χ4v) is 3.26. The molecule has 0 aromatic heterocycles. The number of aryl methyl sites for hydroxylation is 3. The highest BCUT2D eigenvalue weighted by Gasteiger charge is 2.41. The third-order valence-corrected chi connectivity index (χ3v) is 5.07. The molecule has 180 valence electrons. The summed E-state index contributed by atoms with van der Waals surface area (Å²) in [7, 11) is 0. The second kappa shape index (κ2) is 11.1. The maximum atomic E-state index is 13.1. The van der Waals surface area contributed by atoms with Gasteiger partial charge in [0.25, 0.3) is 5.91 Å². The molecule has 0 saturated carbocycles. The van der Waals surface area contributed by atoms with Crippen molar-refractivity contribution in [1.82, 2.24) is 0 Å². The van der Waals surface area contributed by atoms with E-state index in [-0.39, 0.29) is 11.1 Å². The molecule has 1 amide bonds. The van der Waals surface area contributed by atoms with Gasteiger partial charge in [0.1, 0.15) is 0 Å². The summed E-state index contributed by atoms with van der Waals surface area (Å²) in [5, 5.41) is 12.3. The van der Waals surface area contributed by atoms with Crippen molar-refractivity contribution in [2.45, 2.75) is 33.0 Å². The van der Waals surface area contributed by atoms with Gasteiger partial charge in [0.15, 0.2) is 0 Å². The van der Waals surface area contributed by atoms with Crippen molar-refractivity contribution >= 4 is 29.5 Å². The van der Waals surface area contributed by atoms with E-state index in [4.69, 9.17) is 9.47 Å². The van der Waals surface area contributed by atoms with Gasteiger partial charge in [-0.3, -0.25) is 4.79 Å². The molecule has 2 atom stereocenters. The third-order valence-electron chi connectivity index (χ3n) is 5.07. The minimum atomic E-state index is -2.10. The molecule has 35 heavy (non-hydrogen) atoms. The first kappa shape index (κ1) is 25.2. The molecule has 0 aliphatic carbocycles. The summed E-state index contributed by atoms with van der Waals surface area (Å²) in [4.78, 5) is 50.7. The largest absolute Gasteiger partial charge is 0.478 e. The van der Waals surface area contributed by atoms with Crippen molar-refractivity contribution in [3.05, 3.63) is 101 Å². The summed E-state index contributed by atoms with van der Waals surface area (Å²) in [6, 6.07) is 19.4. The van der Waals surface area contributed by atoms with Crippen LogP contribution in [0.15, 0.2) is 72.8 Å². The topological polar surface area (TPSA) is 119 Å². The van der Waals surface area contributed by atoms with Gasteiger partial charge in [-0.25, -0.2) is 14.4 Å². The van der Waals surface area contributed by atoms with Gasteiger partial charge in [0, 0.05) is 5.69 Å². The van der Waals surface area contributed by atoms with E-state index in [1.807, 2.05) is 6.92 Å². The van der Waals surface area contributed by atoms with E-state index in [0.717, 1.165) is 16.7 Å². The highest BCUT2D eigenvalue weighted by molar-refractivity contribution is 6.01. The predicted molar refractivity (Wildman–Crippen MR) is 128 cm³/mol. The first-order valence-corrected chi connectivity index (χ1v) is 10.8. The first-order chi connectivity index (χ1) is 16.6. The molecule has 0 radical (unpaired) electrons. The molecule has 0 aliphatic heterocycles. The van der Waals surface area contributed by atoms with Gasteiger partial charge < -0.3 is 19.9 Å². The number of hydrogen-bond donors (Lipinski definition) is 2. The molecule has 3 rings (SSSR count). The fraction of sp³-hybridized carbons (Fsp3) is 0.185. The van der Waals surface area contributed by atoms with E-state index in [0.29, 0.717) is 5.69 Å². The minimum Gasteiger partial charge on any atom is -0.478 e. The van der Waals surface area contributed by atoms with Crippen LogP contribution in [0.1, 0.15) is 37.4 Å². The number of nitrogens with one attached hydrogen (secondary N) is 1. The normalized spacial score (nSPS) is 12.2. The standard InChI is InChI=1S/C27H25NO7/c1-16-10-12-21(13-11-16)28-24(29)22(34-26(32)19-8-4-6-17(2)14-19)23(25(30)31)35-27(33)20-9-5-7-18(3)15-20/h4-15,22-23H,1-3H3,(H,28,29)(H,30,31)/t22-,23+/m1/s1. The van der Waals surface area contributed by atoms with E-state index in [1.165, 1.54) is 24.3 Å². The average Bonchev–Trinajstić information content (AvgIpc) is 2.82. The zero-order chi connectivity index (χ0) is 25.5. The number of anilines is 1. The molecule has 2 N–H and O–H groups in total. The molecule has 8 heteroatoms. The Morgan fingerprint density at radius 1 is 0.686 bits per heavy atom. The number of carboxylic acids is 1. The van der Waals surface area contributed by atoms with Crippen LogP contribution in [-0.2, 0) is 19.1 Å². The van der Waals surface area contributed by atoms with Crippen molar-refractivity contribution in [2.75, 3.05) is 5.32 Å². The Morgan fingerprint density at radius 2 is 1.17 bits per heavy atom. The number of hydrogen-bond acceptors (Lipinski definition) is 6. The van der Waals surface area contributed by atoms with Crippen LogP contribution in [0.4, 0.5) is 5.69 Å². The van der Waals surface area contributed by atoms with Crippen molar-refractivity contribution in [2.24, 2.45) is 0 Å². The molecular weight excluding hydrogens is 450 g/mol. The molecule has 0 bridgehead atoms. The Bertz CT molecular complexity index is 1250. The zero-order valence-electron chi connectivity index (χ0n) is 19.5. The molecule has 0 spiro atoms. The van der Waals surface area contributed by atoms with Gasteiger partial charge in [-0.2, -0.15) is 0 Å². The Balaban J connectivity index is 1.91. The van der Waals surface area contributed by atoms with Gasteiger partial charge in [-0.05, 0) is 57.2 Å². The molecule has 0 fully saturated rings. The Labute approximate surface area is 202 Å². The van der Waals surface area contributed by atoms with Gasteiger partial charge in [0.2, 0.25) is 12.2 Å². The fourth-order valence-electron chi connectivity index (χ4n) is 3.26. The third kappa shape index (κ3) is 6.77. The van der Waals surface area contributed by atoms with E-state index in [2.05, 4.69) is 5.32 Å². The lowest BCUT2D eigenvalue weighted by atomic mass is 10.1. The van der Waals surface area contributed by atoms with Crippen LogP contribution in [0.3, 0.4) is 0 Å². The number of rotatable bonds is 8. The molecule has 0 unspecified atom stereocenters. The number of esters is 2. The minimum absolute atomic E-state index is 0.0963. The average molecular weight is 475 g/mol. The molecular formula is C27H25NO7. The summed E-state index contributed by atoms with van der Waals surface area (Å²) >= 11 is 0. The van der Waals surface area contributed by atoms with Crippen molar-refractivity contribution in [3.63, 3.8) is 0 Å². The highest BCUT2D eigenvalue weighted by atomic mass is 16.6. The zero-order valence-corrected chi connectivity index (χ0v) is 19.5. The smallest absolute Gasteiger partial charge is 0.349 e. The lowest BCUT2D eigenvalue weighted by Gasteiger charge is -2.23. The Morgan fingerprint density at radius 3 is 1.63 bits per heavy atom. The quantitative estimate of drug-likeness (QED) is 0.471. The molecule has 0 heterocycles. The maximum absolute atomic E-state index is 13.1. The second-order valence-electron chi connectivity index (χ2n) is 8.08. The number of benzene rings is 3. The molecule has 8 nitrogen and oxygen atoms in total. The van der Waals surface area contributed by atoms with Gasteiger partial charge in [0.05, 0.1) is 11.1 Å². The van der Waals surface area contributed by atoms with Crippen molar-refractivity contribution < 1.29 is 33.8 Å². The number of carbonyl (C=O) groups excluding carboxylic acids is 3. The molecule has 3 aromatic rings. The second-order valence-corrected chi connectivity index (χ2v) is 8.08. The Hall–Kier alpha value is -4.46. The maximum Gasteiger partial charge on any atom is 0.349 e. The van der Waals surface area contributed by atoms with Crippen LogP contribution in [-0.4, -0.2) is 41.1 Å². The van der Waals surface area contributed by atoms with E-state index in [9.17, 15) is 24.3 Å². The molecule has 3 aromatic carbocycles. The van der Waals surface area contributed by atoms with Gasteiger partial charge in [-0.1, -0.05) is 53.1 Å². The first-order valence-electron chi connectivity index (χ1n) is 10.8. The SMILES string of the molecule is Cc1ccc(NC(=O)[C@H](OC(=O)c2cccc(C)c2)[C@H](OC(=O)c2cccc(C)c2)C(=O)O)cc1. The number of carboxylic acid groups (broad SMARTS) is 1. The van der Waals surface area contributed by atoms with Gasteiger partial charge in [-0.15, -0.1) is 0 Å². The summed E-state index contributed by atoms with van der Waals surface area (Å²) in [6.07, 6.45) is -4.06. The Kier molecular flexibility index (Phi) is 7.99. The van der Waals surface area contributed by atoms with Crippen LogP contribution in [0.5, 0.6) is 0 Å².